The predicted molar refractivity (Wildman–Crippen MR) is 58.7 cm³/mol. The second kappa shape index (κ2) is 4.65. The molecule has 0 aliphatic carbocycles. The molecule has 76 valence electrons. The van der Waals surface area contributed by atoms with E-state index in [0.717, 1.165) is 12.0 Å². The first-order valence-corrected chi connectivity index (χ1v) is 4.64. The molecule has 0 bridgehead atoms. The van der Waals surface area contributed by atoms with E-state index < -0.39 is 0 Å². The van der Waals surface area contributed by atoms with E-state index >= 15 is 0 Å². The number of hydrogen-bond acceptors (Lipinski definition) is 2. The molecule has 14 heavy (non-hydrogen) atoms. The van der Waals surface area contributed by atoms with Crippen molar-refractivity contribution in [2.45, 2.75) is 20.3 Å². The Morgan fingerprint density at radius 3 is 2.86 bits per heavy atom. The Bertz CT molecular complexity index is 341. The van der Waals surface area contributed by atoms with Crippen molar-refractivity contribution < 1.29 is 5.11 Å². The van der Waals surface area contributed by atoms with Crippen LogP contribution in [-0.4, -0.2) is 17.5 Å². The lowest BCUT2D eigenvalue weighted by Gasteiger charge is -2.04. The number of phenols is 1. The highest BCUT2D eigenvalue weighted by Crippen LogP contribution is 2.16. The van der Waals surface area contributed by atoms with Gasteiger partial charge in [-0.25, -0.2) is 0 Å². The minimum absolute atomic E-state index is 0.305. The lowest BCUT2D eigenvalue weighted by molar-refractivity contribution is 0.474. The zero-order chi connectivity index (χ0) is 10.6. The normalized spacial score (nSPS) is 11.7. The fraction of sp³-hybridized carbons (Fsp3) is 0.364. The summed E-state index contributed by atoms with van der Waals surface area (Å²) in [5.74, 6) is 0.904. The third kappa shape index (κ3) is 3.09. The van der Waals surface area contributed by atoms with Crippen LogP contribution in [0.25, 0.3) is 0 Å². The summed E-state index contributed by atoms with van der Waals surface area (Å²) in [6, 6.07) is 5.37. The zero-order valence-electron chi connectivity index (χ0n) is 8.62. The molecule has 1 aromatic rings. The highest BCUT2D eigenvalue weighted by molar-refractivity contribution is 5.77. The Labute approximate surface area is 84.3 Å². The van der Waals surface area contributed by atoms with Crippen LogP contribution in [0, 0.1) is 6.92 Å². The van der Waals surface area contributed by atoms with E-state index in [1.165, 1.54) is 5.56 Å². The van der Waals surface area contributed by atoms with Gasteiger partial charge in [0.05, 0.1) is 5.84 Å². The van der Waals surface area contributed by atoms with Gasteiger partial charge in [0.2, 0.25) is 0 Å². The average Bonchev–Trinajstić information content (AvgIpc) is 2.10. The van der Waals surface area contributed by atoms with E-state index in [9.17, 15) is 5.11 Å². The molecular formula is C11H16N2O. The molecule has 0 radical (unpaired) electrons. The van der Waals surface area contributed by atoms with Crippen molar-refractivity contribution in [3.8, 4) is 5.75 Å². The second-order valence-electron chi connectivity index (χ2n) is 3.38. The van der Waals surface area contributed by atoms with Crippen LogP contribution in [0.5, 0.6) is 5.75 Å². The van der Waals surface area contributed by atoms with Crippen LogP contribution in [0.2, 0.25) is 0 Å². The Morgan fingerprint density at radius 2 is 2.21 bits per heavy atom. The van der Waals surface area contributed by atoms with E-state index in [4.69, 9.17) is 5.73 Å². The molecule has 0 saturated heterocycles. The number of aliphatic imine (C=N–C) groups is 1. The van der Waals surface area contributed by atoms with Gasteiger partial charge in [-0.3, -0.25) is 4.99 Å². The van der Waals surface area contributed by atoms with Gasteiger partial charge in [0.1, 0.15) is 5.75 Å². The molecule has 0 atom stereocenters. The maximum Gasteiger partial charge on any atom is 0.115 e. The summed E-state index contributed by atoms with van der Waals surface area (Å²) in [4.78, 5) is 4.10. The summed E-state index contributed by atoms with van der Waals surface area (Å²) in [6.07, 6.45) is 0.814. The third-order valence-electron chi connectivity index (χ3n) is 2.08. The Balaban J connectivity index is 2.67. The Hall–Kier alpha value is -1.51. The summed E-state index contributed by atoms with van der Waals surface area (Å²) < 4.78 is 0. The van der Waals surface area contributed by atoms with Crippen molar-refractivity contribution in [1.82, 2.24) is 0 Å². The summed E-state index contributed by atoms with van der Waals surface area (Å²) in [5, 5.41) is 9.29. The average molecular weight is 192 g/mol. The fourth-order valence-corrected chi connectivity index (χ4v) is 1.28. The van der Waals surface area contributed by atoms with Crippen LogP contribution in [0.1, 0.15) is 18.1 Å². The summed E-state index contributed by atoms with van der Waals surface area (Å²) in [7, 11) is 0. The van der Waals surface area contributed by atoms with Gasteiger partial charge in [0.15, 0.2) is 0 Å². The molecule has 0 aromatic heterocycles. The molecule has 1 rings (SSSR count). The molecule has 0 heterocycles. The van der Waals surface area contributed by atoms with Crippen molar-refractivity contribution in [2.24, 2.45) is 10.7 Å². The molecule has 0 amide bonds. The highest BCUT2D eigenvalue weighted by atomic mass is 16.3. The number of aromatic hydroxyl groups is 1. The van der Waals surface area contributed by atoms with E-state index in [0.29, 0.717) is 18.1 Å². The molecule has 3 heteroatoms. The van der Waals surface area contributed by atoms with Gasteiger partial charge in [0.25, 0.3) is 0 Å². The molecule has 0 fully saturated rings. The topological polar surface area (TPSA) is 58.6 Å². The maximum atomic E-state index is 9.29. The number of rotatable bonds is 3. The quantitative estimate of drug-likeness (QED) is 0.564. The fourth-order valence-electron chi connectivity index (χ4n) is 1.28. The zero-order valence-corrected chi connectivity index (χ0v) is 8.62. The maximum absolute atomic E-state index is 9.29. The third-order valence-corrected chi connectivity index (χ3v) is 2.08. The van der Waals surface area contributed by atoms with Crippen molar-refractivity contribution in [3.05, 3.63) is 29.3 Å². The van der Waals surface area contributed by atoms with Crippen LogP contribution >= 0.6 is 0 Å². The number of nitrogens with two attached hydrogens (primary N) is 1. The molecule has 0 unspecified atom stereocenters. The standard InChI is InChI=1S/C11H16N2O/c1-8-3-4-11(14)7-10(8)5-6-13-9(2)12/h3-4,7,14H,5-6H2,1-2H3,(H2,12,13). The second-order valence-corrected chi connectivity index (χ2v) is 3.38. The van der Waals surface area contributed by atoms with Crippen molar-refractivity contribution in [1.29, 1.82) is 0 Å². The first kappa shape index (κ1) is 10.6. The number of benzene rings is 1. The summed E-state index contributed by atoms with van der Waals surface area (Å²) in [5.41, 5.74) is 7.72. The van der Waals surface area contributed by atoms with Gasteiger partial charge in [-0.05, 0) is 43.5 Å². The molecule has 0 saturated carbocycles. The van der Waals surface area contributed by atoms with Gasteiger partial charge >= 0.3 is 0 Å². The van der Waals surface area contributed by atoms with Crippen LogP contribution in [0.3, 0.4) is 0 Å². The smallest absolute Gasteiger partial charge is 0.115 e. The number of amidine groups is 1. The number of hydrogen-bond donors (Lipinski definition) is 2. The predicted octanol–water partition coefficient (Wildman–Crippen LogP) is 1.62. The SMILES string of the molecule is CC(N)=NCCc1cc(O)ccc1C. The van der Waals surface area contributed by atoms with Crippen molar-refractivity contribution in [3.63, 3.8) is 0 Å². The lowest BCUT2D eigenvalue weighted by atomic mass is 10.1. The number of nitrogens with zero attached hydrogens (tertiary/aromatic N) is 1. The monoisotopic (exact) mass is 192 g/mol. The molecule has 0 aliphatic rings. The largest absolute Gasteiger partial charge is 0.508 e. The van der Waals surface area contributed by atoms with Gasteiger partial charge in [0, 0.05) is 6.54 Å². The van der Waals surface area contributed by atoms with Gasteiger partial charge in [-0.2, -0.15) is 0 Å². The first-order valence-electron chi connectivity index (χ1n) is 4.64. The molecule has 3 N–H and O–H groups in total. The van der Waals surface area contributed by atoms with Gasteiger partial charge < -0.3 is 10.8 Å². The Kier molecular flexibility index (Phi) is 3.51. The van der Waals surface area contributed by atoms with Gasteiger partial charge in [-0.1, -0.05) is 6.07 Å². The minimum Gasteiger partial charge on any atom is -0.508 e. The van der Waals surface area contributed by atoms with Crippen molar-refractivity contribution in [2.75, 3.05) is 6.54 Å². The van der Waals surface area contributed by atoms with Crippen LogP contribution < -0.4 is 5.73 Å². The van der Waals surface area contributed by atoms with E-state index in [-0.39, 0.29) is 0 Å². The van der Waals surface area contributed by atoms with Crippen LogP contribution in [0.4, 0.5) is 0 Å². The Morgan fingerprint density at radius 1 is 1.50 bits per heavy atom. The summed E-state index contributed by atoms with van der Waals surface area (Å²) in [6.45, 7) is 4.47. The molecule has 1 aromatic carbocycles. The minimum atomic E-state index is 0.305. The summed E-state index contributed by atoms with van der Waals surface area (Å²) >= 11 is 0. The molecular weight excluding hydrogens is 176 g/mol. The van der Waals surface area contributed by atoms with E-state index in [1.54, 1.807) is 19.1 Å². The van der Waals surface area contributed by atoms with E-state index in [1.807, 2.05) is 13.0 Å². The lowest BCUT2D eigenvalue weighted by Crippen LogP contribution is -2.07. The van der Waals surface area contributed by atoms with Crippen molar-refractivity contribution >= 4 is 5.84 Å². The van der Waals surface area contributed by atoms with E-state index in [2.05, 4.69) is 4.99 Å². The number of aryl methyl sites for hydroxylation is 1. The molecule has 3 nitrogen and oxygen atoms in total. The number of phenolic OH excluding ortho intramolecular Hbond substituents is 1. The highest BCUT2D eigenvalue weighted by Gasteiger charge is 1.98. The first-order chi connectivity index (χ1) is 6.59. The van der Waals surface area contributed by atoms with Gasteiger partial charge in [-0.15, -0.1) is 0 Å². The van der Waals surface area contributed by atoms with Crippen LogP contribution in [0.15, 0.2) is 23.2 Å². The molecule has 0 spiro atoms. The molecule has 0 aliphatic heterocycles. The van der Waals surface area contributed by atoms with Crippen LogP contribution in [-0.2, 0) is 6.42 Å².